The molecule has 1 aromatic carbocycles. The summed E-state index contributed by atoms with van der Waals surface area (Å²) in [5.74, 6) is 0.552. The lowest BCUT2D eigenvalue weighted by molar-refractivity contribution is -0.124. The lowest BCUT2D eigenvalue weighted by Crippen LogP contribution is -2.44. The van der Waals surface area contributed by atoms with Crippen LogP contribution in [0.3, 0.4) is 0 Å². The van der Waals surface area contributed by atoms with Crippen molar-refractivity contribution in [2.75, 3.05) is 6.61 Å². The van der Waals surface area contributed by atoms with Crippen LogP contribution in [-0.4, -0.2) is 22.9 Å². The third kappa shape index (κ3) is 3.49. The molecule has 5 nitrogen and oxygen atoms in total. The number of Topliss-reactive ketones (excluding diaryl/α,β-unsaturated/α-hetero) is 1. The summed E-state index contributed by atoms with van der Waals surface area (Å²) in [6, 6.07) is 9.64. The largest absolute Gasteiger partial charge is 0.494 e. The van der Waals surface area contributed by atoms with Crippen molar-refractivity contribution in [3.8, 4) is 11.8 Å². The van der Waals surface area contributed by atoms with Crippen LogP contribution in [0.25, 0.3) is 5.53 Å². The maximum absolute atomic E-state index is 12.9. The molecule has 1 aromatic rings. The molecule has 0 radical (unpaired) electrons. The number of rotatable bonds is 6. The fourth-order valence-electron chi connectivity index (χ4n) is 3.19. The Morgan fingerprint density at radius 3 is 3.00 bits per heavy atom. The Labute approximate surface area is 136 Å². The fraction of sp³-hybridized carbons (Fsp3) is 0.500. The average Bonchev–Trinajstić information content (AvgIpc) is 2.59. The third-order valence-electron chi connectivity index (χ3n) is 4.36. The molecule has 0 saturated heterocycles. The molecule has 0 amide bonds. The molecule has 1 fully saturated rings. The van der Waals surface area contributed by atoms with E-state index in [2.05, 4.69) is 10.9 Å². The molecule has 1 aliphatic rings. The first-order chi connectivity index (χ1) is 11.2. The number of hydrogen-bond donors (Lipinski definition) is 0. The van der Waals surface area contributed by atoms with Gasteiger partial charge in [-0.2, -0.15) is 10.1 Å². The summed E-state index contributed by atoms with van der Waals surface area (Å²) < 4.78 is 5.67. The molecular formula is C18H21N3O2. The normalized spacial score (nSPS) is 20.7. The van der Waals surface area contributed by atoms with Gasteiger partial charge < -0.3 is 10.3 Å². The quantitative estimate of drug-likeness (QED) is 0.595. The van der Waals surface area contributed by atoms with Crippen molar-refractivity contribution in [3.63, 3.8) is 0 Å². The predicted octanol–water partition coefficient (Wildman–Crippen LogP) is 3.44. The van der Waals surface area contributed by atoms with Crippen LogP contribution in [0.15, 0.2) is 24.3 Å². The minimum absolute atomic E-state index is 0.172. The smallest absolute Gasteiger partial charge is 0.335 e. The number of benzene rings is 1. The van der Waals surface area contributed by atoms with Gasteiger partial charge in [-0.1, -0.05) is 19.1 Å². The van der Waals surface area contributed by atoms with E-state index in [0.717, 1.165) is 24.2 Å². The zero-order chi connectivity index (χ0) is 16.7. The minimum Gasteiger partial charge on any atom is -0.494 e. The summed E-state index contributed by atoms with van der Waals surface area (Å²) in [4.78, 5) is 16.1. The van der Waals surface area contributed by atoms with Crippen LogP contribution in [-0.2, 0) is 10.2 Å². The number of hydrogen-bond acceptors (Lipinski definition) is 3. The SMILES string of the molecule is CCCOc1cccc(C2(CCC#N)CCCC(=[N+]=[N-])C2=O)c1. The summed E-state index contributed by atoms with van der Waals surface area (Å²) in [5, 5.41) is 8.97. The molecule has 2 rings (SSSR count). The lowest BCUT2D eigenvalue weighted by Gasteiger charge is -2.33. The second kappa shape index (κ2) is 7.71. The van der Waals surface area contributed by atoms with Crippen molar-refractivity contribution < 1.29 is 14.3 Å². The van der Waals surface area contributed by atoms with E-state index in [1.165, 1.54) is 0 Å². The zero-order valence-corrected chi connectivity index (χ0v) is 13.4. The molecule has 23 heavy (non-hydrogen) atoms. The van der Waals surface area contributed by atoms with E-state index >= 15 is 0 Å². The predicted molar refractivity (Wildman–Crippen MR) is 86.2 cm³/mol. The highest BCUT2D eigenvalue weighted by atomic mass is 16.5. The fourth-order valence-corrected chi connectivity index (χ4v) is 3.19. The maximum Gasteiger partial charge on any atom is 0.335 e. The van der Waals surface area contributed by atoms with Gasteiger partial charge in [0.1, 0.15) is 5.75 Å². The van der Waals surface area contributed by atoms with Gasteiger partial charge in [-0.25, -0.2) is 0 Å². The molecule has 1 atom stereocenters. The van der Waals surface area contributed by atoms with Gasteiger partial charge in [0.25, 0.3) is 0 Å². The lowest BCUT2D eigenvalue weighted by atomic mass is 9.65. The summed E-state index contributed by atoms with van der Waals surface area (Å²) in [5.41, 5.74) is 9.37. The van der Waals surface area contributed by atoms with Crippen molar-refractivity contribution in [1.82, 2.24) is 0 Å². The van der Waals surface area contributed by atoms with Crippen molar-refractivity contribution in [2.45, 2.75) is 50.9 Å². The van der Waals surface area contributed by atoms with Gasteiger partial charge in [-0.15, -0.1) is 0 Å². The van der Waals surface area contributed by atoms with Crippen LogP contribution in [0.4, 0.5) is 0 Å². The Morgan fingerprint density at radius 2 is 2.30 bits per heavy atom. The van der Waals surface area contributed by atoms with Crippen LogP contribution < -0.4 is 4.74 Å². The molecule has 1 saturated carbocycles. The molecule has 0 spiro atoms. The van der Waals surface area contributed by atoms with Crippen LogP contribution in [0.2, 0.25) is 0 Å². The van der Waals surface area contributed by atoms with E-state index < -0.39 is 5.41 Å². The van der Waals surface area contributed by atoms with Crippen molar-refractivity contribution in [3.05, 3.63) is 35.4 Å². The molecule has 0 bridgehead atoms. The second-order valence-corrected chi connectivity index (χ2v) is 5.85. The minimum atomic E-state index is -0.791. The number of nitriles is 1. The Morgan fingerprint density at radius 1 is 1.48 bits per heavy atom. The van der Waals surface area contributed by atoms with E-state index in [0.29, 0.717) is 25.9 Å². The van der Waals surface area contributed by atoms with E-state index in [1.54, 1.807) is 0 Å². The van der Waals surface area contributed by atoms with Gasteiger partial charge in [-0.3, -0.25) is 4.79 Å². The Balaban J connectivity index is 2.44. The van der Waals surface area contributed by atoms with Crippen LogP contribution in [0.5, 0.6) is 5.75 Å². The van der Waals surface area contributed by atoms with E-state index in [-0.39, 0.29) is 17.9 Å². The summed E-state index contributed by atoms with van der Waals surface area (Å²) >= 11 is 0. The number of carbonyl (C=O) groups excluding carboxylic acids is 1. The summed E-state index contributed by atoms with van der Waals surface area (Å²) in [6.07, 6.45) is 3.52. The third-order valence-corrected chi connectivity index (χ3v) is 4.36. The van der Waals surface area contributed by atoms with E-state index in [1.807, 2.05) is 31.2 Å². The van der Waals surface area contributed by atoms with E-state index in [4.69, 9.17) is 15.5 Å². The second-order valence-electron chi connectivity index (χ2n) is 5.85. The van der Waals surface area contributed by atoms with Crippen molar-refractivity contribution in [1.29, 1.82) is 5.26 Å². The highest BCUT2D eigenvalue weighted by Gasteiger charge is 2.48. The monoisotopic (exact) mass is 311 g/mol. The first kappa shape index (κ1) is 16.9. The molecule has 0 N–H and O–H groups in total. The van der Waals surface area contributed by atoms with Gasteiger partial charge in [0, 0.05) is 6.42 Å². The average molecular weight is 311 g/mol. The highest BCUT2D eigenvalue weighted by molar-refractivity contribution is 6.41. The molecule has 120 valence electrons. The number of ether oxygens (including phenoxy) is 1. The zero-order valence-electron chi connectivity index (χ0n) is 13.4. The molecule has 0 aromatic heterocycles. The van der Waals surface area contributed by atoms with Gasteiger partial charge in [-0.05, 0) is 43.4 Å². The van der Waals surface area contributed by atoms with Gasteiger partial charge in [0.2, 0.25) is 5.78 Å². The number of ketones is 1. The van der Waals surface area contributed by atoms with Gasteiger partial charge in [0.15, 0.2) is 0 Å². The van der Waals surface area contributed by atoms with Gasteiger partial charge in [0.05, 0.1) is 24.5 Å². The summed E-state index contributed by atoms with van der Waals surface area (Å²) in [7, 11) is 0. The molecule has 0 heterocycles. The first-order valence-electron chi connectivity index (χ1n) is 8.04. The Kier molecular flexibility index (Phi) is 5.67. The Bertz CT molecular complexity index is 671. The molecule has 0 aliphatic heterocycles. The number of carbonyl (C=O) groups is 1. The van der Waals surface area contributed by atoms with Gasteiger partial charge >= 0.3 is 5.71 Å². The maximum atomic E-state index is 12.9. The standard InChI is InChI=1S/C18H21N3O2/c1-2-12-23-15-7-3-6-14(13-15)18(10-5-11-19)9-4-8-16(21-20)17(18)22/h3,6-7,13H,2,4-5,8-10,12H2,1H3. The molecule has 5 heteroatoms. The summed E-state index contributed by atoms with van der Waals surface area (Å²) in [6.45, 7) is 2.65. The highest BCUT2D eigenvalue weighted by Crippen LogP contribution is 2.40. The molecule has 1 unspecified atom stereocenters. The number of nitrogens with zero attached hydrogens (tertiary/aromatic N) is 3. The molecule has 1 aliphatic carbocycles. The van der Waals surface area contributed by atoms with Crippen molar-refractivity contribution in [2.24, 2.45) is 0 Å². The topological polar surface area (TPSA) is 86.5 Å². The first-order valence-corrected chi connectivity index (χ1v) is 8.04. The van der Waals surface area contributed by atoms with Crippen LogP contribution in [0, 0.1) is 11.3 Å². The van der Waals surface area contributed by atoms with Crippen LogP contribution >= 0.6 is 0 Å². The van der Waals surface area contributed by atoms with Crippen molar-refractivity contribution >= 4 is 11.5 Å². The van der Waals surface area contributed by atoms with E-state index in [9.17, 15) is 4.79 Å². The Hall–Kier alpha value is -2.44. The molecular weight excluding hydrogens is 290 g/mol. The van der Waals surface area contributed by atoms with Crippen LogP contribution in [0.1, 0.15) is 51.0 Å².